The van der Waals surface area contributed by atoms with Crippen molar-refractivity contribution < 1.29 is 23.4 Å². The Labute approximate surface area is 133 Å². The van der Waals surface area contributed by atoms with Gasteiger partial charge in [-0.25, -0.2) is 0 Å². The summed E-state index contributed by atoms with van der Waals surface area (Å²) in [5.74, 6) is 0.698. The average Bonchev–Trinajstić information content (AvgIpc) is 2.53. The number of alkyl halides is 2. The van der Waals surface area contributed by atoms with Crippen molar-refractivity contribution in [2.45, 2.75) is 12.7 Å². The van der Waals surface area contributed by atoms with Gasteiger partial charge in [0.2, 0.25) is 0 Å². The fourth-order valence-corrected chi connectivity index (χ4v) is 1.99. The highest BCUT2D eigenvalue weighted by Gasteiger charge is 2.10. The van der Waals surface area contributed by atoms with Crippen LogP contribution in [0.4, 0.5) is 14.5 Å². The first-order valence-electron chi connectivity index (χ1n) is 7.08. The zero-order valence-corrected chi connectivity index (χ0v) is 12.9. The molecule has 0 spiro atoms. The number of halogens is 2. The smallest absolute Gasteiger partial charge is 0.387 e. The second-order valence-electron chi connectivity index (χ2n) is 5.17. The molecule has 0 saturated carbocycles. The lowest BCUT2D eigenvalue weighted by Crippen LogP contribution is -2.11. The summed E-state index contributed by atoms with van der Waals surface area (Å²) < 4.78 is 34.0. The van der Waals surface area contributed by atoms with E-state index in [1.807, 2.05) is 37.2 Å². The maximum atomic E-state index is 12.1. The van der Waals surface area contributed by atoms with Gasteiger partial charge in [-0.1, -0.05) is 18.2 Å². The number of hydrogen-bond acceptors (Lipinski definition) is 4. The number of anilines is 1. The van der Waals surface area contributed by atoms with Gasteiger partial charge >= 0.3 is 6.61 Å². The van der Waals surface area contributed by atoms with E-state index in [2.05, 4.69) is 4.74 Å². The van der Waals surface area contributed by atoms with Crippen LogP contribution < -0.4 is 14.4 Å². The monoisotopic (exact) mass is 323 g/mol. The van der Waals surface area contributed by atoms with Gasteiger partial charge in [-0.15, -0.1) is 0 Å². The molecule has 0 bridgehead atoms. The number of ether oxygens (including phenoxy) is 2. The molecule has 0 amide bonds. The van der Waals surface area contributed by atoms with E-state index in [9.17, 15) is 13.9 Å². The fourth-order valence-electron chi connectivity index (χ4n) is 1.99. The highest BCUT2D eigenvalue weighted by molar-refractivity contribution is 5.49. The molecule has 1 unspecified atom stereocenters. The maximum Gasteiger partial charge on any atom is 0.387 e. The molecule has 2 aromatic rings. The third kappa shape index (κ3) is 5.10. The Morgan fingerprint density at radius 2 is 1.74 bits per heavy atom. The highest BCUT2D eigenvalue weighted by atomic mass is 19.3. The van der Waals surface area contributed by atoms with Crippen LogP contribution in [0.5, 0.6) is 11.5 Å². The topological polar surface area (TPSA) is 41.9 Å². The molecule has 0 fully saturated rings. The van der Waals surface area contributed by atoms with Gasteiger partial charge in [0.1, 0.15) is 24.2 Å². The van der Waals surface area contributed by atoms with Gasteiger partial charge in [0, 0.05) is 25.8 Å². The highest BCUT2D eigenvalue weighted by Crippen LogP contribution is 2.23. The van der Waals surface area contributed by atoms with Crippen LogP contribution in [-0.2, 0) is 0 Å². The second kappa shape index (κ2) is 7.78. The molecule has 2 aromatic carbocycles. The summed E-state index contributed by atoms with van der Waals surface area (Å²) in [5, 5.41) is 10.1. The van der Waals surface area contributed by atoms with Crippen LogP contribution >= 0.6 is 0 Å². The summed E-state index contributed by atoms with van der Waals surface area (Å²) in [6.07, 6.45) is -0.862. The van der Waals surface area contributed by atoms with Crippen LogP contribution in [-0.4, -0.2) is 32.4 Å². The predicted molar refractivity (Wildman–Crippen MR) is 84.3 cm³/mol. The zero-order chi connectivity index (χ0) is 16.8. The molecule has 124 valence electrons. The zero-order valence-electron chi connectivity index (χ0n) is 12.9. The molecule has 0 aliphatic carbocycles. The van der Waals surface area contributed by atoms with Gasteiger partial charge in [-0.3, -0.25) is 0 Å². The lowest BCUT2D eigenvalue weighted by Gasteiger charge is -2.16. The van der Waals surface area contributed by atoms with E-state index in [-0.39, 0.29) is 12.4 Å². The summed E-state index contributed by atoms with van der Waals surface area (Å²) in [5.41, 5.74) is 1.56. The van der Waals surface area contributed by atoms with Crippen LogP contribution in [0, 0.1) is 0 Å². The molecule has 2 rings (SSSR count). The van der Waals surface area contributed by atoms with E-state index in [4.69, 9.17) is 4.74 Å². The Balaban J connectivity index is 1.94. The first-order valence-corrected chi connectivity index (χ1v) is 7.08. The number of hydrogen-bond donors (Lipinski definition) is 1. The number of benzene rings is 2. The van der Waals surface area contributed by atoms with Gasteiger partial charge < -0.3 is 19.5 Å². The van der Waals surface area contributed by atoms with E-state index in [0.717, 1.165) is 5.69 Å². The van der Waals surface area contributed by atoms with Crippen molar-refractivity contribution in [3.8, 4) is 11.5 Å². The van der Waals surface area contributed by atoms with Gasteiger partial charge in [-0.2, -0.15) is 8.78 Å². The number of aliphatic hydroxyl groups excluding tert-OH is 1. The van der Waals surface area contributed by atoms with Crippen LogP contribution in [0.25, 0.3) is 0 Å². The van der Waals surface area contributed by atoms with Crippen LogP contribution in [0.3, 0.4) is 0 Å². The summed E-state index contributed by atoms with van der Waals surface area (Å²) in [6, 6.07) is 13.3. The molecule has 0 heterocycles. The summed E-state index contributed by atoms with van der Waals surface area (Å²) in [7, 11) is 3.86. The van der Waals surface area contributed by atoms with E-state index in [1.165, 1.54) is 24.3 Å². The number of aliphatic hydroxyl groups is 1. The van der Waals surface area contributed by atoms with Crippen LogP contribution in [0.2, 0.25) is 0 Å². The second-order valence-corrected chi connectivity index (χ2v) is 5.17. The minimum absolute atomic E-state index is 0.0514. The third-order valence-corrected chi connectivity index (χ3v) is 3.23. The molecular weight excluding hydrogens is 304 g/mol. The summed E-state index contributed by atoms with van der Waals surface area (Å²) >= 11 is 0. The van der Waals surface area contributed by atoms with Crippen molar-refractivity contribution in [1.82, 2.24) is 0 Å². The first kappa shape index (κ1) is 17.0. The number of rotatable bonds is 7. The molecule has 23 heavy (non-hydrogen) atoms. The van der Waals surface area contributed by atoms with Gasteiger partial charge in [-0.05, 0) is 29.8 Å². The molecule has 0 saturated heterocycles. The largest absolute Gasteiger partial charge is 0.490 e. The standard InChI is InChI=1S/C17H19F2NO3/c1-20(2)13-4-3-5-15(10-13)22-11-16(21)12-6-8-14(9-7-12)23-17(18)19/h3-10,16-17,21H,11H2,1-2H3. The Bertz CT molecular complexity index is 617. The van der Waals surface area contributed by atoms with Crippen LogP contribution in [0.1, 0.15) is 11.7 Å². The van der Waals surface area contributed by atoms with Crippen LogP contribution in [0.15, 0.2) is 48.5 Å². The van der Waals surface area contributed by atoms with Crippen molar-refractivity contribution in [2.75, 3.05) is 25.6 Å². The Kier molecular flexibility index (Phi) is 5.76. The van der Waals surface area contributed by atoms with Crippen molar-refractivity contribution >= 4 is 5.69 Å². The Morgan fingerprint density at radius 1 is 1.04 bits per heavy atom. The molecular formula is C17H19F2NO3. The molecule has 1 atom stereocenters. The van der Waals surface area contributed by atoms with Crippen molar-refractivity contribution in [2.24, 2.45) is 0 Å². The summed E-state index contributed by atoms with van der Waals surface area (Å²) in [4.78, 5) is 1.95. The lowest BCUT2D eigenvalue weighted by molar-refractivity contribution is -0.0498. The molecule has 6 heteroatoms. The molecule has 1 N–H and O–H groups in total. The Hall–Kier alpha value is -2.34. The average molecular weight is 323 g/mol. The molecule has 0 aromatic heterocycles. The fraction of sp³-hybridized carbons (Fsp3) is 0.294. The SMILES string of the molecule is CN(C)c1cccc(OCC(O)c2ccc(OC(F)F)cc2)c1. The molecule has 0 aliphatic rings. The van der Waals surface area contributed by atoms with Gasteiger partial charge in [0.25, 0.3) is 0 Å². The lowest BCUT2D eigenvalue weighted by atomic mass is 10.1. The van der Waals surface area contributed by atoms with E-state index in [0.29, 0.717) is 11.3 Å². The first-order chi connectivity index (χ1) is 11.0. The third-order valence-electron chi connectivity index (χ3n) is 3.23. The predicted octanol–water partition coefficient (Wildman–Crippen LogP) is 3.47. The minimum Gasteiger partial charge on any atom is -0.490 e. The Morgan fingerprint density at radius 3 is 2.35 bits per heavy atom. The van der Waals surface area contributed by atoms with E-state index < -0.39 is 12.7 Å². The molecule has 0 radical (unpaired) electrons. The van der Waals surface area contributed by atoms with Gasteiger partial charge in [0.05, 0.1) is 0 Å². The van der Waals surface area contributed by atoms with E-state index in [1.54, 1.807) is 6.07 Å². The van der Waals surface area contributed by atoms with Gasteiger partial charge in [0.15, 0.2) is 0 Å². The number of nitrogens with zero attached hydrogens (tertiary/aromatic N) is 1. The summed E-state index contributed by atoms with van der Waals surface area (Å²) in [6.45, 7) is -2.80. The van der Waals surface area contributed by atoms with Crippen molar-refractivity contribution in [3.63, 3.8) is 0 Å². The van der Waals surface area contributed by atoms with Crippen molar-refractivity contribution in [1.29, 1.82) is 0 Å². The normalized spacial score (nSPS) is 12.1. The molecule has 0 aliphatic heterocycles. The molecule has 4 nitrogen and oxygen atoms in total. The maximum absolute atomic E-state index is 12.1. The quantitative estimate of drug-likeness (QED) is 0.847. The minimum atomic E-state index is -2.86. The van der Waals surface area contributed by atoms with Crippen molar-refractivity contribution in [3.05, 3.63) is 54.1 Å². The van der Waals surface area contributed by atoms with E-state index >= 15 is 0 Å².